The average Bonchev–Trinajstić information content (AvgIpc) is 3.08. The summed E-state index contributed by atoms with van der Waals surface area (Å²) in [7, 11) is 5.37. The maximum absolute atomic E-state index is 12.9. The molecule has 3 heterocycles. The fraction of sp³-hybridized carbons (Fsp3) is 0.235. The summed E-state index contributed by atoms with van der Waals surface area (Å²) in [6.07, 6.45) is 3.62. The van der Waals surface area contributed by atoms with Gasteiger partial charge in [-0.2, -0.15) is 10.2 Å². The fourth-order valence-electron chi connectivity index (χ4n) is 3.07. The first-order valence-corrected chi connectivity index (χ1v) is 7.59. The molecule has 0 saturated carbocycles. The van der Waals surface area contributed by atoms with Crippen molar-refractivity contribution < 1.29 is 4.74 Å². The van der Waals surface area contributed by atoms with Crippen molar-refractivity contribution in [1.82, 2.24) is 24.1 Å². The molecule has 0 N–H and O–H groups in total. The van der Waals surface area contributed by atoms with E-state index in [2.05, 4.69) is 10.2 Å². The van der Waals surface area contributed by atoms with E-state index >= 15 is 0 Å². The van der Waals surface area contributed by atoms with Crippen LogP contribution in [0.25, 0.3) is 21.9 Å². The van der Waals surface area contributed by atoms with Crippen molar-refractivity contribution in [3.63, 3.8) is 0 Å². The summed E-state index contributed by atoms with van der Waals surface area (Å²) >= 11 is 0. The standard InChI is InChI=1S/C17H17N5O2/c1-20-10-14-15(19-20)13-8-18-22(17(23)16(13)21(14)2)9-11-5-4-6-12(7-11)24-3/h4-8,10H,9H2,1-3H3. The second kappa shape index (κ2) is 5.23. The van der Waals surface area contributed by atoms with Crippen molar-refractivity contribution >= 4 is 21.9 Å². The Morgan fingerprint density at radius 1 is 1.25 bits per heavy atom. The van der Waals surface area contributed by atoms with Crippen LogP contribution in [-0.4, -0.2) is 31.2 Å². The van der Waals surface area contributed by atoms with Gasteiger partial charge in [0.15, 0.2) is 0 Å². The van der Waals surface area contributed by atoms with Crippen LogP contribution in [0.1, 0.15) is 5.56 Å². The van der Waals surface area contributed by atoms with Gasteiger partial charge in [-0.05, 0) is 17.7 Å². The molecule has 7 heteroatoms. The number of methoxy groups -OCH3 is 1. The Morgan fingerprint density at radius 3 is 2.88 bits per heavy atom. The first-order chi connectivity index (χ1) is 11.6. The predicted octanol–water partition coefficient (Wildman–Crippen LogP) is 1.68. The normalized spacial score (nSPS) is 11.5. The zero-order chi connectivity index (χ0) is 16.8. The lowest BCUT2D eigenvalue weighted by Gasteiger charge is -2.07. The van der Waals surface area contributed by atoms with Crippen molar-refractivity contribution in [3.8, 4) is 5.75 Å². The topological polar surface area (TPSA) is 66.9 Å². The highest BCUT2D eigenvalue weighted by molar-refractivity contribution is 6.04. The number of fused-ring (bicyclic) bond motifs is 3. The van der Waals surface area contributed by atoms with Gasteiger partial charge in [-0.3, -0.25) is 9.48 Å². The summed E-state index contributed by atoms with van der Waals surface area (Å²) in [5, 5.41) is 9.54. The van der Waals surface area contributed by atoms with Crippen molar-refractivity contribution in [1.29, 1.82) is 0 Å². The van der Waals surface area contributed by atoms with Crippen LogP contribution >= 0.6 is 0 Å². The Hall–Kier alpha value is -3.09. The summed E-state index contributed by atoms with van der Waals surface area (Å²) in [5.74, 6) is 0.760. The van der Waals surface area contributed by atoms with E-state index < -0.39 is 0 Å². The lowest BCUT2D eigenvalue weighted by Crippen LogP contribution is -2.24. The number of hydrogen-bond acceptors (Lipinski definition) is 4. The molecular weight excluding hydrogens is 306 g/mol. The van der Waals surface area contributed by atoms with Gasteiger partial charge < -0.3 is 9.30 Å². The SMILES string of the molecule is COc1cccc(Cn2ncc3c4nn(C)cc4n(C)c3c2=O)c1. The molecule has 4 rings (SSSR count). The number of hydrogen-bond donors (Lipinski definition) is 0. The third-order valence-electron chi connectivity index (χ3n) is 4.25. The summed E-state index contributed by atoms with van der Waals surface area (Å²) in [5.41, 5.74) is 3.17. The number of aryl methyl sites for hydroxylation is 2. The van der Waals surface area contributed by atoms with Gasteiger partial charge in [0.2, 0.25) is 0 Å². The molecule has 0 aliphatic rings. The molecule has 0 unspecified atom stereocenters. The van der Waals surface area contributed by atoms with Crippen LogP contribution in [0.2, 0.25) is 0 Å². The molecule has 0 saturated heterocycles. The summed E-state index contributed by atoms with van der Waals surface area (Å²) in [4.78, 5) is 12.9. The van der Waals surface area contributed by atoms with E-state index in [4.69, 9.17) is 4.74 Å². The molecule has 122 valence electrons. The van der Waals surface area contributed by atoms with E-state index in [1.807, 2.05) is 49.1 Å². The first kappa shape index (κ1) is 14.5. The van der Waals surface area contributed by atoms with E-state index in [1.165, 1.54) is 4.68 Å². The summed E-state index contributed by atoms with van der Waals surface area (Å²) < 4.78 is 10.3. The fourth-order valence-corrected chi connectivity index (χ4v) is 3.07. The zero-order valence-corrected chi connectivity index (χ0v) is 13.7. The van der Waals surface area contributed by atoms with Crippen LogP contribution < -0.4 is 10.3 Å². The molecular formula is C17H17N5O2. The van der Waals surface area contributed by atoms with Gasteiger partial charge in [0.1, 0.15) is 16.8 Å². The van der Waals surface area contributed by atoms with Crippen LogP contribution in [0.3, 0.4) is 0 Å². The van der Waals surface area contributed by atoms with Crippen LogP contribution in [0, 0.1) is 0 Å². The second-order valence-electron chi connectivity index (χ2n) is 5.82. The van der Waals surface area contributed by atoms with Crippen LogP contribution in [-0.2, 0) is 20.6 Å². The maximum Gasteiger partial charge on any atom is 0.291 e. The summed E-state index contributed by atoms with van der Waals surface area (Å²) in [6.45, 7) is 0.391. The number of nitrogens with zero attached hydrogens (tertiary/aromatic N) is 5. The van der Waals surface area contributed by atoms with E-state index in [9.17, 15) is 4.79 Å². The van der Waals surface area contributed by atoms with Gasteiger partial charge >= 0.3 is 0 Å². The quantitative estimate of drug-likeness (QED) is 0.575. The predicted molar refractivity (Wildman–Crippen MR) is 91.3 cm³/mol. The molecule has 3 aromatic heterocycles. The van der Waals surface area contributed by atoms with Crippen LogP contribution in [0.5, 0.6) is 5.75 Å². The van der Waals surface area contributed by atoms with Crippen molar-refractivity contribution in [3.05, 3.63) is 52.6 Å². The van der Waals surface area contributed by atoms with Gasteiger partial charge in [-0.15, -0.1) is 0 Å². The van der Waals surface area contributed by atoms with Gasteiger partial charge in [-0.25, -0.2) is 4.68 Å². The number of rotatable bonds is 3. The third-order valence-corrected chi connectivity index (χ3v) is 4.25. The van der Waals surface area contributed by atoms with Gasteiger partial charge in [0.25, 0.3) is 5.56 Å². The minimum atomic E-state index is -0.126. The molecule has 0 fully saturated rings. The molecule has 24 heavy (non-hydrogen) atoms. The molecule has 0 radical (unpaired) electrons. The first-order valence-electron chi connectivity index (χ1n) is 7.59. The molecule has 0 amide bonds. The highest BCUT2D eigenvalue weighted by atomic mass is 16.5. The van der Waals surface area contributed by atoms with Gasteiger partial charge in [0, 0.05) is 20.3 Å². The zero-order valence-electron chi connectivity index (χ0n) is 13.7. The van der Waals surface area contributed by atoms with Gasteiger partial charge in [-0.1, -0.05) is 12.1 Å². The second-order valence-corrected chi connectivity index (χ2v) is 5.82. The lowest BCUT2D eigenvalue weighted by atomic mass is 10.2. The molecule has 0 aliphatic carbocycles. The Kier molecular flexibility index (Phi) is 3.16. The Labute approximate surface area is 137 Å². The summed E-state index contributed by atoms with van der Waals surface area (Å²) in [6, 6.07) is 7.63. The molecule has 7 nitrogen and oxygen atoms in total. The maximum atomic E-state index is 12.9. The molecule has 0 spiro atoms. The van der Waals surface area contributed by atoms with E-state index in [1.54, 1.807) is 18.0 Å². The smallest absolute Gasteiger partial charge is 0.291 e. The Morgan fingerprint density at radius 2 is 2.08 bits per heavy atom. The highest BCUT2D eigenvalue weighted by Crippen LogP contribution is 2.23. The molecule has 0 bridgehead atoms. The van der Waals surface area contributed by atoms with Crippen LogP contribution in [0.15, 0.2) is 41.5 Å². The van der Waals surface area contributed by atoms with Gasteiger partial charge in [0.05, 0.1) is 30.8 Å². The minimum absolute atomic E-state index is 0.126. The Bertz CT molecular complexity index is 1120. The largest absolute Gasteiger partial charge is 0.497 e. The molecule has 0 atom stereocenters. The number of benzene rings is 1. The average molecular weight is 323 g/mol. The monoisotopic (exact) mass is 323 g/mol. The van der Waals surface area contributed by atoms with Crippen molar-refractivity contribution in [2.75, 3.05) is 7.11 Å². The Balaban J connectivity index is 1.86. The van der Waals surface area contributed by atoms with E-state index in [-0.39, 0.29) is 5.56 Å². The van der Waals surface area contributed by atoms with Crippen molar-refractivity contribution in [2.24, 2.45) is 14.1 Å². The number of aromatic nitrogens is 5. The molecule has 4 aromatic rings. The van der Waals surface area contributed by atoms with Crippen LogP contribution in [0.4, 0.5) is 0 Å². The minimum Gasteiger partial charge on any atom is -0.497 e. The molecule has 0 aliphatic heterocycles. The lowest BCUT2D eigenvalue weighted by molar-refractivity contribution is 0.414. The van der Waals surface area contributed by atoms with E-state index in [0.29, 0.717) is 12.1 Å². The van der Waals surface area contributed by atoms with E-state index in [0.717, 1.165) is 27.7 Å². The molecule has 1 aromatic carbocycles. The number of ether oxygens (including phenoxy) is 1. The highest BCUT2D eigenvalue weighted by Gasteiger charge is 2.16. The van der Waals surface area contributed by atoms with Crippen molar-refractivity contribution in [2.45, 2.75) is 6.54 Å². The third kappa shape index (κ3) is 2.09.